The number of para-hydroxylation sites is 1. The molecule has 2 N–H and O–H groups in total. The molecule has 4 amide bonds. The number of aryl methyl sites for hydroxylation is 1. The van der Waals surface area contributed by atoms with Crippen LogP contribution in [0.4, 0.5) is 10.5 Å². The minimum atomic E-state index is -0.404. The van der Waals surface area contributed by atoms with E-state index in [2.05, 4.69) is 26.6 Å². The smallest absolute Gasteiger partial charge is 0.324 e. The maximum atomic E-state index is 12.9. The molecular formula is C20H17BrN4O3. The van der Waals surface area contributed by atoms with Crippen molar-refractivity contribution in [3.63, 3.8) is 0 Å². The fraction of sp³-hybridized carbons (Fsp3) is 0.150. The maximum absolute atomic E-state index is 12.9. The second-order valence-corrected chi connectivity index (χ2v) is 7.32. The number of fused-ring (bicyclic) bond motifs is 1. The van der Waals surface area contributed by atoms with Crippen molar-refractivity contribution >= 4 is 50.4 Å². The first-order valence-corrected chi connectivity index (χ1v) is 9.46. The van der Waals surface area contributed by atoms with Crippen molar-refractivity contribution in [1.82, 2.24) is 14.8 Å². The summed E-state index contributed by atoms with van der Waals surface area (Å²) in [5, 5.41) is 6.35. The summed E-state index contributed by atoms with van der Waals surface area (Å²) in [5.74, 6) is -0.517. The third-order valence-electron chi connectivity index (χ3n) is 4.72. The van der Waals surface area contributed by atoms with Gasteiger partial charge < -0.3 is 15.2 Å². The van der Waals surface area contributed by atoms with Crippen LogP contribution in [-0.2, 0) is 18.4 Å². The fourth-order valence-electron chi connectivity index (χ4n) is 3.33. The molecule has 0 radical (unpaired) electrons. The molecule has 1 aromatic heterocycles. The summed E-state index contributed by atoms with van der Waals surface area (Å²) in [4.78, 5) is 37.5. The number of imide groups is 1. The van der Waals surface area contributed by atoms with E-state index in [1.807, 2.05) is 35.9 Å². The van der Waals surface area contributed by atoms with E-state index in [1.165, 1.54) is 0 Å². The van der Waals surface area contributed by atoms with Gasteiger partial charge in [0.2, 0.25) is 5.91 Å². The predicted octanol–water partition coefficient (Wildman–Crippen LogP) is 3.24. The van der Waals surface area contributed by atoms with Crippen LogP contribution in [0, 0.1) is 0 Å². The van der Waals surface area contributed by atoms with Crippen LogP contribution in [0.2, 0.25) is 0 Å². The van der Waals surface area contributed by atoms with E-state index in [0.717, 1.165) is 25.8 Å². The lowest BCUT2D eigenvalue weighted by Crippen LogP contribution is -2.30. The lowest BCUT2D eigenvalue weighted by molar-refractivity contribution is -0.125. The topological polar surface area (TPSA) is 83.4 Å². The third kappa shape index (κ3) is 3.16. The SMILES string of the molecule is Cn1c(C(=O)Nc2cccc(CN3C(=O)CNC3=O)c2)c(Br)c2ccccc21. The minimum absolute atomic E-state index is 0.0182. The first-order valence-electron chi connectivity index (χ1n) is 8.67. The quantitative estimate of drug-likeness (QED) is 0.610. The number of nitrogens with one attached hydrogen (secondary N) is 2. The standard InChI is InChI=1S/C20H17BrN4O3/c1-24-15-8-3-2-7-14(15)17(21)18(24)19(27)23-13-6-4-5-12(9-13)11-25-16(26)10-22-20(25)28/h2-9H,10-11H2,1H3,(H,22,28)(H,23,27). The normalized spacial score (nSPS) is 13.9. The van der Waals surface area contributed by atoms with E-state index in [0.29, 0.717) is 11.4 Å². The Kier molecular flexibility index (Phi) is 4.64. The van der Waals surface area contributed by atoms with Gasteiger partial charge in [-0.3, -0.25) is 14.5 Å². The number of carbonyl (C=O) groups excluding carboxylic acids is 3. The number of urea groups is 1. The van der Waals surface area contributed by atoms with Crippen LogP contribution in [0.1, 0.15) is 16.1 Å². The van der Waals surface area contributed by atoms with Gasteiger partial charge in [0, 0.05) is 23.6 Å². The second kappa shape index (κ2) is 7.12. The van der Waals surface area contributed by atoms with Crippen LogP contribution in [-0.4, -0.2) is 33.9 Å². The summed E-state index contributed by atoms with van der Waals surface area (Å²) in [5.41, 5.74) is 2.80. The van der Waals surface area contributed by atoms with Crippen molar-refractivity contribution in [2.45, 2.75) is 6.54 Å². The van der Waals surface area contributed by atoms with Crippen LogP contribution in [0.3, 0.4) is 0 Å². The Morgan fingerprint density at radius 3 is 2.68 bits per heavy atom. The van der Waals surface area contributed by atoms with Crippen LogP contribution < -0.4 is 10.6 Å². The molecule has 1 aliphatic rings. The molecule has 1 aliphatic heterocycles. The van der Waals surface area contributed by atoms with Gasteiger partial charge >= 0.3 is 6.03 Å². The van der Waals surface area contributed by atoms with Crippen molar-refractivity contribution < 1.29 is 14.4 Å². The summed E-state index contributed by atoms with van der Waals surface area (Å²) in [6.07, 6.45) is 0. The first-order chi connectivity index (χ1) is 13.5. The molecule has 142 valence electrons. The van der Waals surface area contributed by atoms with E-state index < -0.39 is 6.03 Å². The zero-order valence-electron chi connectivity index (χ0n) is 15.0. The van der Waals surface area contributed by atoms with E-state index in [9.17, 15) is 14.4 Å². The fourth-order valence-corrected chi connectivity index (χ4v) is 4.12. The molecule has 0 aliphatic carbocycles. The maximum Gasteiger partial charge on any atom is 0.324 e. The Labute approximate surface area is 169 Å². The lowest BCUT2D eigenvalue weighted by atomic mass is 10.2. The molecule has 3 aromatic rings. The number of hydrogen-bond donors (Lipinski definition) is 2. The first kappa shape index (κ1) is 18.2. The number of anilines is 1. The van der Waals surface area contributed by atoms with Crippen LogP contribution in [0.25, 0.3) is 10.9 Å². The second-order valence-electron chi connectivity index (χ2n) is 6.53. The minimum Gasteiger partial charge on any atom is -0.339 e. The Bertz CT molecular complexity index is 1070. The molecule has 8 heteroatoms. The molecule has 28 heavy (non-hydrogen) atoms. The predicted molar refractivity (Wildman–Crippen MR) is 109 cm³/mol. The summed E-state index contributed by atoms with van der Waals surface area (Å²) in [6.45, 7) is 0.177. The highest BCUT2D eigenvalue weighted by atomic mass is 79.9. The zero-order chi connectivity index (χ0) is 19.8. The largest absolute Gasteiger partial charge is 0.339 e. The molecule has 2 heterocycles. The molecule has 0 bridgehead atoms. The highest BCUT2D eigenvalue weighted by molar-refractivity contribution is 9.10. The average Bonchev–Trinajstić information content (AvgIpc) is 3.13. The van der Waals surface area contributed by atoms with Gasteiger partial charge in [0.1, 0.15) is 5.69 Å². The van der Waals surface area contributed by atoms with Crippen molar-refractivity contribution in [3.05, 3.63) is 64.3 Å². The van der Waals surface area contributed by atoms with Crippen LogP contribution in [0.5, 0.6) is 0 Å². The molecule has 1 fully saturated rings. The molecule has 0 saturated carbocycles. The highest BCUT2D eigenvalue weighted by Crippen LogP contribution is 2.30. The van der Waals surface area contributed by atoms with Crippen molar-refractivity contribution in [2.75, 3.05) is 11.9 Å². The van der Waals surface area contributed by atoms with E-state index in [1.54, 1.807) is 24.3 Å². The molecule has 2 aromatic carbocycles. The van der Waals surface area contributed by atoms with E-state index in [-0.39, 0.29) is 24.9 Å². The summed E-state index contributed by atoms with van der Waals surface area (Å²) in [6, 6.07) is 14.5. The molecular weight excluding hydrogens is 424 g/mol. The summed E-state index contributed by atoms with van der Waals surface area (Å²) >= 11 is 3.53. The van der Waals surface area contributed by atoms with Gasteiger partial charge in [-0.25, -0.2) is 4.79 Å². The third-order valence-corrected chi connectivity index (χ3v) is 5.53. The van der Waals surface area contributed by atoms with Gasteiger partial charge in [0.15, 0.2) is 0 Å². The number of hydrogen-bond acceptors (Lipinski definition) is 3. The van der Waals surface area contributed by atoms with Gasteiger partial charge in [-0.15, -0.1) is 0 Å². The Morgan fingerprint density at radius 2 is 1.96 bits per heavy atom. The van der Waals surface area contributed by atoms with Gasteiger partial charge in [0.05, 0.1) is 17.6 Å². The van der Waals surface area contributed by atoms with Crippen LogP contribution in [0.15, 0.2) is 53.0 Å². The number of amides is 4. The van der Waals surface area contributed by atoms with Gasteiger partial charge in [-0.2, -0.15) is 0 Å². The van der Waals surface area contributed by atoms with Crippen molar-refractivity contribution in [2.24, 2.45) is 7.05 Å². The van der Waals surface area contributed by atoms with Crippen molar-refractivity contribution in [1.29, 1.82) is 0 Å². The number of carbonyl (C=O) groups is 3. The monoisotopic (exact) mass is 440 g/mol. The van der Waals surface area contributed by atoms with Gasteiger partial charge in [-0.1, -0.05) is 30.3 Å². The Balaban J connectivity index is 1.57. The Morgan fingerprint density at radius 1 is 1.18 bits per heavy atom. The molecule has 0 spiro atoms. The van der Waals surface area contributed by atoms with Crippen molar-refractivity contribution in [3.8, 4) is 0 Å². The zero-order valence-corrected chi connectivity index (χ0v) is 16.6. The van der Waals surface area contributed by atoms with Gasteiger partial charge in [-0.05, 0) is 39.7 Å². The number of aromatic nitrogens is 1. The van der Waals surface area contributed by atoms with E-state index in [4.69, 9.17) is 0 Å². The number of halogens is 1. The average molecular weight is 441 g/mol. The Hall–Kier alpha value is -3.13. The molecule has 4 rings (SSSR count). The van der Waals surface area contributed by atoms with E-state index >= 15 is 0 Å². The number of rotatable bonds is 4. The lowest BCUT2D eigenvalue weighted by Gasteiger charge is -2.13. The molecule has 0 atom stereocenters. The highest BCUT2D eigenvalue weighted by Gasteiger charge is 2.28. The van der Waals surface area contributed by atoms with Crippen LogP contribution >= 0.6 is 15.9 Å². The number of nitrogens with zero attached hydrogens (tertiary/aromatic N) is 2. The number of benzene rings is 2. The molecule has 7 nitrogen and oxygen atoms in total. The molecule has 1 saturated heterocycles. The molecule has 0 unspecified atom stereocenters. The van der Waals surface area contributed by atoms with Gasteiger partial charge in [0.25, 0.3) is 5.91 Å². The summed E-state index contributed by atoms with van der Waals surface area (Å²) < 4.78 is 2.57. The summed E-state index contributed by atoms with van der Waals surface area (Å²) in [7, 11) is 1.84.